The maximum Gasteiger partial charge on any atom is 0.270 e. The Balaban J connectivity index is 1.85. The van der Waals surface area contributed by atoms with E-state index in [1.807, 2.05) is 49.6 Å². The van der Waals surface area contributed by atoms with Crippen LogP contribution in [0.15, 0.2) is 46.6 Å². The number of H-pyrrole nitrogens is 1. The summed E-state index contributed by atoms with van der Waals surface area (Å²) in [5.74, 6) is -0.0614. The molecule has 0 bridgehead atoms. The molecular weight excluding hydrogens is 372 g/mol. The van der Waals surface area contributed by atoms with Gasteiger partial charge in [-0.15, -0.1) is 11.3 Å². The number of thiophene rings is 1. The number of nitrogens with zero attached hydrogens (tertiary/aromatic N) is 1. The van der Waals surface area contributed by atoms with Crippen molar-refractivity contribution in [3.63, 3.8) is 0 Å². The number of pyridine rings is 1. The van der Waals surface area contributed by atoms with Gasteiger partial charge in [0.25, 0.3) is 5.56 Å². The van der Waals surface area contributed by atoms with E-state index in [2.05, 4.69) is 4.98 Å². The largest absolute Gasteiger partial charge is 0.507 e. The summed E-state index contributed by atoms with van der Waals surface area (Å²) in [6, 6.07) is 13.1. The number of rotatable bonds is 2. The third-order valence-corrected chi connectivity index (χ3v) is 5.67. The normalized spacial score (nSPS) is 10.9. The van der Waals surface area contributed by atoms with Gasteiger partial charge in [-0.2, -0.15) is 5.26 Å². The van der Waals surface area contributed by atoms with Crippen molar-refractivity contribution >= 4 is 21.6 Å². The van der Waals surface area contributed by atoms with Gasteiger partial charge < -0.3 is 15.2 Å². The number of benzene rings is 2. The van der Waals surface area contributed by atoms with Crippen molar-refractivity contribution in [1.29, 1.82) is 5.26 Å². The lowest BCUT2D eigenvalue weighted by Gasteiger charge is -2.11. The van der Waals surface area contributed by atoms with Crippen LogP contribution in [0.2, 0.25) is 0 Å². The SMILES string of the molecule is Cc1cc(C)c(-c2ccc(-c3csc4[nH]c(=O)c(C#N)c(O)c34)cc2)c(O)c1. The third kappa shape index (κ3) is 2.73. The smallest absolute Gasteiger partial charge is 0.270 e. The number of nitrogens with one attached hydrogen (secondary N) is 1. The summed E-state index contributed by atoms with van der Waals surface area (Å²) in [7, 11) is 0. The van der Waals surface area contributed by atoms with Crippen molar-refractivity contribution in [1.82, 2.24) is 4.98 Å². The molecule has 0 amide bonds. The topological polar surface area (TPSA) is 97.1 Å². The van der Waals surface area contributed by atoms with E-state index in [-0.39, 0.29) is 17.1 Å². The van der Waals surface area contributed by atoms with Gasteiger partial charge >= 0.3 is 0 Å². The molecule has 138 valence electrons. The Morgan fingerprint density at radius 3 is 2.39 bits per heavy atom. The van der Waals surface area contributed by atoms with Crippen LogP contribution >= 0.6 is 11.3 Å². The predicted octanol–water partition coefficient (Wildman–Crippen LogP) is 4.82. The highest BCUT2D eigenvalue weighted by Gasteiger charge is 2.17. The number of phenolic OH excluding ortho intramolecular Hbond substituents is 1. The van der Waals surface area contributed by atoms with Crippen LogP contribution in [0.1, 0.15) is 16.7 Å². The summed E-state index contributed by atoms with van der Waals surface area (Å²) in [5, 5.41) is 32.2. The van der Waals surface area contributed by atoms with E-state index in [4.69, 9.17) is 5.26 Å². The third-order valence-electron chi connectivity index (χ3n) is 4.77. The number of phenols is 1. The standard InChI is InChI=1S/C22H16N2O3S/c1-11-7-12(2)18(17(25)8-11)14-5-3-13(4-6-14)16-10-28-22-19(16)20(26)15(9-23)21(27)24-22/h3-8,10,25H,1-2H3,(H2,24,26,27). The Kier molecular flexibility index (Phi) is 4.17. The molecule has 0 unspecified atom stereocenters. The summed E-state index contributed by atoms with van der Waals surface area (Å²) < 4.78 is 0. The second kappa shape index (κ2) is 6.55. The molecule has 5 nitrogen and oxygen atoms in total. The first-order chi connectivity index (χ1) is 13.4. The van der Waals surface area contributed by atoms with E-state index in [9.17, 15) is 15.0 Å². The molecule has 0 aliphatic rings. The fraction of sp³-hybridized carbons (Fsp3) is 0.0909. The summed E-state index contributed by atoms with van der Waals surface area (Å²) in [4.78, 5) is 15.0. The number of aromatic amines is 1. The van der Waals surface area contributed by atoms with Gasteiger partial charge in [0.1, 0.15) is 22.4 Å². The number of hydrogen-bond donors (Lipinski definition) is 3. The van der Waals surface area contributed by atoms with Gasteiger partial charge in [-0.1, -0.05) is 30.3 Å². The van der Waals surface area contributed by atoms with E-state index in [1.54, 1.807) is 12.1 Å². The molecule has 0 saturated carbocycles. The minimum absolute atomic E-state index is 0.236. The van der Waals surface area contributed by atoms with E-state index in [1.165, 1.54) is 11.3 Å². The molecule has 0 saturated heterocycles. The summed E-state index contributed by atoms with van der Waals surface area (Å²) in [6.07, 6.45) is 0. The van der Waals surface area contributed by atoms with Crippen molar-refractivity contribution in [3.05, 3.63) is 68.8 Å². The van der Waals surface area contributed by atoms with E-state index in [0.29, 0.717) is 10.2 Å². The first-order valence-electron chi connectivity index (χ1n) is 8.58. The second-order valence-corrected chi connectivity index (χ2v) is 7.58. The zero-order valence-corrected chi connectivity index (χ0v) is 16.0. The molecule has 0 fully saturated rings. The molecule has 0 atom stereocenters. The van der Waals surface area contributed by atoms with Gasteiger partial charge in [-0.3, -0.25) is 4.79 Å². The quantitative estimate of drug-likeness (QED) is 0.458. The summed E-state index contributed by atoms with van der Waals surface area (Å²) in [6.45, 7) is 3.90. The number of aryl methyl sites for hydroxylation is 2. The second-order valence-electron chi connectivity index (χ2n) is 6.70. The lowest BCUT2D eigenvalue weighted by molar-refractivity contribution is 0.476. The van der Waals surface area contributed by atoms with Crippen LogP contribution in [0.3, 0.4) is 0 Å². The Bertz CT molecular complexity index is 1300. The molecule has 0 radical (unpaired) electrons. The van der Waals surface area contributed by atoms with Gasteiger partial charge in [-0.05, 0) is 42.2 Å². The zero-order chi connectivity index (χ0) is 20.0. The zero-order valence-electron chi connectivity index (χ0n) is 15.2. The minimum Gasteiger partial charge on any atom is -0.507 e. The predicted molar refractivity (Wildman–Crippen MR) is 111 cm³/mol. The lowest BCUT2D eigenvalue weighted by Crippen LogP contribution is -2.09. The molecule has 4 rings (SSSR count). The Hall–Kier alpha value is -3.56. The maximum atomic E-state index is 11.9. The molecule has 6 heteroatoms. The van der Waals surface area contributed by atoms with Gasteiger partial charge in [0, 0.05) is 16.5 Å². The van der Waals surface area contributed by atoms with Gasteiger partial charge in [0.15, 0.2) is 5.56 Å². The van der Waals surface area contributed by atoms with E-state index in [0.717, 1.165) is 33.4 Å². The van der Waals surface area contributed by atoms with E-state index < -0.39 is 5.56 Å². The maximum absolute atomic E-state index is 11.9. The molecule has 0 aliphatic carbocycles. The van der Waals surface area contributed by atoms with E-state index >= 15 is 0 Å². The number of nitriles is 1. The van der Waals surface area contributed by atoms with Gasteiger partial charge in [0.2, 0.25) is 0 Å². The van der Waals surface area contributed by atoms with Crippen LogP contribution in [-0.4, -0.2) is 15.2 Å². The molecular formula is C22H16N2O3S. The molecule has 3 N–H and O–H groups in total. The number of aromatic nitrogens is 1. The highest BCUT2D eigenvalue weighted by molar-refractivity contribution is 7.17. The van der Waals surface area contributed by atoms with Crippen LogP contribution in [0, 0.1) is 25.2 Å². The minimum atomic E-state index is -0.596. The lowest BCUT2D eigenvalue weighted by atomic mass is 9.95. The number of fused-ring (bicyclic) bond motifs is 1. The van der Waals surface area contributed by atoms with Crippen molar-refractivity contribution < 1.29 is 10.2 Å². The number of aromatic hydroxyl groups is 2. The van der Waals surface area contributed by atoms with Crippen LogP contribution in [0.25, 0.3) is 32.5 Å². The Morgan fingerprint density at radius 2 is 1.75 bits per heavy atom. The van der Waals surface area contributed by atoms with Crippen molar-refractivity contribution in [2.45, 2.75) is 13.8 Å². The molecule has 4 aromatic rings. The van der Waals surface area contributed by atoms with Crippen molar-refractivity contribution in [2.75, 3.05) is 0 Å². The molecule has 28 heavy (non-hydrogen) atoms. The molecule has 0 aliphatic heterocycles. The van der Waals surface area contributed by atoms with Crippen molar-refractivity contribution in [3.8, 4) is 39.8 Å². The highest BCUT2D eigenvalue weighted by Crippen LogP contribution is 2.40. The molecule has 0 spiro atoms. The first-order valence-corrected chi connectivity index (χ1v) is 9.46. The van der Waals surface area contributed by atoms with Crippen LogP contribution in [0.5, 0.6) is 11.5 Å². The average Bonchev–Trinajstić information content (AvgIpc) is 3.06. The van der Waals surface area contributed by atoms with Gasteiger partial charge in [-0.25, -0.2) is 0 Å². The molecule has 2 aromatic carbocycles. The fourth-order valence-electron chi connectivity index (χ4n) is 3.54. The Morgan fingerprint density at radius 1 is 1.07 bits per heavy atom. The average molecular weight is 388 g/mol. The first kappa shape index (κ1) is 17.8. The Labute approximate surface area is 164 Å². The van der Waals surface area contributed by atoms with Crippen LogP contribution in [-0.2, 0) is 0 Å². The summed E-state index contributed by atoms with van der Waals surface area (Å²) >= 11 is 1.30. The summed E-state index contributed by atoms with van der Waals surface area (Å²) in [5.41, 5.74) is 4.34. The monoisotopic (exact) mass is 388 g/mol. The van der Waals surface area contributed by atoms with Crippen LogP contribution in [0.4, 0.5) is 0 Å². The fourth-order valence-corrected chi connectivity index (χ4v) is 4.50. The van der Waals surface area contributed by atoms with Crippen LogP contribution < -0.4 is 5.56 Å². The molecule has 2 heterocycles. The van der Waals surface area contributed by atoms with Crippen molar-refractivity contribution in [2.24, 2.45) is 0 Å². The number of hydrogen-bond acceptors (Lipinski definition) is 5. The molecule has 2 aromatic heterocycles. The highest BCUT2D eigenvalue weighted by atomic mass is 32.1. The van der Waals surface area contributed by atoms with Gasteiger partial charge in [0.05, 0.1) is 5.39 Å².